The molecule has 116 valence electrons. The van der Waals surface area contributed by atoms with Gasteiger partial charge in [0.25, 0.3) is 5.91 Å². The average Bonchev–Trinajstić information content (AvgIpc) is 2.43. The van der Waals surface area contributed by atoms with Crippen molar-refractivity contribution >= 4 is 23.0 Å². The normalized spacial score (nSPS) is 13.6. The first-order valence-electron chi connectivity index (χ1n) is 7.11. The van der Waals surface area contributed by atoms with E-state index in [4.69, 9.17) is 15.2 Å². The third-order valence-corrected chi connectivity index (χ3v) is 3.25. The monoisotopic (exact) mass is 293 g/mol. The number of hydrogen-bond donors (Lipinski definition) is 2. The van der Waals surface area contributed by atoms with Crippen LogP contribution in [0.4, 0.5) is 17.1 Å². The molecule has 1 aromatic carbocycles. The van der Waals surface area contributed by atoms with Crippen molar-refractivity contribution in [3.05, 3.63) is 12.1 Å². The highest BCUT2D eigenvalue weighted by molar-refractivity contribution is 5.97. The van der Waals surface area contributed by atoms with Crippen LogP contribution in [-0.2, 0) is 9.53 Å². The van der Waals surface area contributed by atoms with E-state index in [9.17, 15) is 4.79 Å². The summed E-state index contributed by atoms with van der Waals surface area (Å²) in [6.45, 7) is 6.56. The molecule has 0 fully saturated rings. The van der Waals surface area contributed by atoms with E-state index in [2.05, 4.69) is 24.1 Å². The number of ether oxygens (including phenoxy) is 2. The number of nitrogen functional groups attached to an aromatic ring is 1. The minimum absolute atomic E-state index is 0.0329. The van der Waals surface area contributed by atoms with Crippen molar-refractivity contribution in [2.45, 2.75) is 13.8 Å². The van der Waals surface area contributed by atoms with Gasteiger partial charge < -0.3 is 25.4 Å². The summed E-state index contributed by atoms with van der Waals surface area (Å²) in [6, 6.07) is 3.64. The van der Waals surface area contributed by atoms with Crippen LogP contribution in [0.1, 0.15) is 13.8 Å². The number of benzene rings is 1. The molecule has 0 unspecified atom stereocenters. The Morgan fingerprint density at radius 1 is 1.48 bits per heavy atom. The van der Waals surface area contributed by atoms with E-state index >= 15 is 0 Å². The van der Waals surface area contributed by atoms with Gasteiger partial charge in [0.05, 0.1) is 23.7 Å². The average molecular weight is 293 g/mol. The van der Waals surface area contributed by atoms with Crippen LogP contribution >= 0.6 is 0 Å². The number of rotatable bonds is 6. The Labute approximate surface area is 125 Å². The van der Waals surface area contributed by atoms with Gasteiger partial charge in [-0.15, -0.1) is 0 Å². The molecule has 1 aliphatic heterocycles. The molecule has 0 radical (unpaired) electrons. The number of hydrogen-bond acceptors (Lipinski definition) is 5. The van der Waals surface area contributed by atoms with E-state index in [1.807, 2.05) is 6.07 Å². The lowest BCUT2D eigenvalue weighted by Crippen LogP contribution is -2.32. The third kappa shape index (κ3) is 3.78. The minimum Gasteiger partial charge on any atom is -0.482 e. The van der Waals surface area contributed by atoms with E-state index in [0.29, 0.717) is 29.6 Å². The largest absolute Gasteiger partial charge is 0.482 e. The highest BCUT2D eigenvalue weighted by Crippen LogP contribution is 2.37. The van der Waals surface area contributed by atoms with Crippen LogP contribution in [-0.4, -0.2) is 39.3 Å². The fraction of sp³-hybridized carbons (Fsp3) is 0.533. The van der Waals surface area contributed by atoms with Crippen molar-refractivity contribution in [2.24, 2.45) is 5.92 Å². The predicted octanol–water partition coefficient (Wildman–Crippen LogP) is 1.71. The van der Waals surface area contributed by atoms with Gasteiger partial charge in [-0.05, 0) is 12.0 Å². The van der Waals surface area contributed by atoms with Gasteiger partial charge in [-0.3, -0.25) is 4.79 Å². The number of carbonyl (C=O) groups excluding carboxylic acids is 1. The standard InChI is InChI=1S/C15H23N3O3/c1-10(2)8-18(4-5-20-3)13-7-12-14(6-11(13)16)21-9-15(19)17-12/h6-7,10H,4-5,8-9,16H2,1-3H3,(H,17,19). The molecule has 0 aromatic heterocycles. The fourth-order valence-electron chi connectivity index (χ4n) is 2.36. The molecule has 0 atom stereocenters. The van der Waals surface area contributed by atoms with Crippen molar-refractivity contribution in [3.63, 3.8) is 0 Å². The first-order valence-corrected chi connectivity index (χ1v) is 7.11. The second-order valence-corrected chi connectivity index (χ2v) is 5.58. The Hall–Kier alpha value is -1.95. The summed E-state index contributed by atoms with van der Waals surface area (Å²) in [7, 11) is 1.68. The van der Waals surface area contributed by atoms with Gasteiger partial charge in [0, 0.05) is 26.3 Å². The molecular formula is C15H23N3O3. The highest BCUT2D eigenvalue weighted by Gasteiger charge is 2.20. The first-order chi connectivity index (χ1) is 10.0. The number of anilines is 3. The number of nitrogens with zero attached hydrogens (tertiary/aromatic N) is 1. The predicted molar refractivity (Wildman–Crippen MR) is 83.9 cm³/mol. The van der Waals surface area contributed by atoms with Crippen LogP contribution in [0.25, 0.3) is 0 Å². The van der Waals surface area contributed by atoms with Gasteiger partial charge in [0.2, 0.25) is 0 Å². The molecule has 0 aliphatic carbocycles. The summed E-state index contributed by atoms with van der Waals surface area (Å²) >= 11 is 0. The Kier molecular flexibility index (Phi) is 4.90. The van der Waals surface area contributed by atoms with Crippen LogP contribution in [0.3, 0.4) is 0 Å². The lowest BCUT2D eigenvalue weighted by Gasteiger charge is -2.29. The van der Waals surface area contributed by atoms with E-state index < -0.39 is 0 Å². The Balaban J connectivity index is 2.30. The molecular weight excluding hydrogens is 270 g/mol. The van der Waals surface area contributed by atoms with Gasteiger partial charge in [-0.25, -0.2) is 0 Å². The summed E-state index contributed by atoms with van der Waals surface area (Å²) in [6.07, 6.45) is 0. The van der Waals surface area contributed by atoms with Gasteiger partial charge in [-0.2, -0.15) is 0 Å². The zero-order valence-electron chi connectivity index (χ0n) is 12.8. The summed E-state index contributed by atoms with van der Waals surface area (Å²) in [4.78, 5) is 13.6. The molecule has 21 heavy (non-hydrogen) atoms. The SMILES string of the molecule is COCCN(CC(C)C)c1cc2c(cc1N)OCC(=O)N2. The minimum atomic E-state index is -0.148. The topological polar surface area (TPSA) is 76.8 Å². The van der Waals surface area contributed by atoms with Crippen LogP contribution in [0.2, 0.25) is 0 Å². The smallest absolute Gasteiger partial charge is 0.262 e. The second-order valence-electron chi connectivity index (χ2n) is 5.58. The molecule has 3 N–H and O–H groups in total. The molecule has 6 heteroatoms. The molecule has 6 nitrogen and oxygen atoms in total. The van der Waals surface area contributed by atoms with Crippen LogP contribution in [0, 0.1) is 5.92 Å². The highest BCUT2D eigenvalue weighted by atomic mass is 16.5. The maximum atomic E-state index is 11.4. The molecule has 2 rings (SSSR count). The lowest BCUT2D eigenvalue weighted by atomic mass is 10.1. The number of methoxy groups -OCH3 is 1. The molecule has 0 saturated heterocycles. The van der Waals surface area contributed by atoms with Crippen LogP contribution < -0.4 is 20.7 Å². The number of fused-ring (bicyclic) bond motifs is 1. The summed E-state index contributed by atoms with van der Waals surface area (Å²) in [5, 5.41) is 2.81. The van der Waals surface area contributed by atoms with Gasteiger partial charge >= 0.3 is 0 Å². The molecule has 0 bridgehead atoms. The number of nitrogens with one attached hydrogen (secondary N) is 1. The van der Waals surface area contributed by atoms with Gasteiger partial charge in [0.15, 0.2) is 6.61 Å². The molecule has 1 heterocycles. The van der Waals surface area contributed by atoms with E-state index in [1.165, 1.54) is 0 Å². The molecule has 1 aromatic rings. The number of carbonyl (C=O) groups is 1. The van der Waals surface area contributed by atoms with Crippen molar-refractivity contribution in [1.82, 2.24) is 0 Å². The van der Waals surface area contributed by atoms with Crippen LogP contribution in [0.5, 0.6) is 5.75 Å². The van der Waals surface area contributed by atoms with Crippen molar-refractivity contribution in [3.8, 4) is 5.75 Å². The Morgan fingerprint density at radius 3 is 2.90 bits per heavy atom. The van der Waals surface area contributed by atoms with Gasteiger partial charge in [-0.1, -0.05) is 13.8 Å². The first kappa shape index (κ1) is 15.4. The van der Waals surface area contributed by atoms with Crippen LogP contribution in [0.15, 0.2) is 12.1 Å². The van der Waals surface area contributed by atoms with Crippen molar-refractivity contribution in [1.29, 1.82) is 0 Å². The quantitative estimate of drug-likeness (QED) is 0.781. The lowest BCUT2D eigenvalue weighted by molar-refractivity contribution is -0.118. The molecule has 0 saturated carbocycles. The van der Waals surface area contributed by atoms with Crippen molar-refractivity contribution in [2.75, 3.05) is 49.4 Å². The number of amides is 1. The van der Waals surface area contributed by atoms with E-state index in [-0.39, 0.29) is 12.5 Å². The number of nitrogens with two attached hydrogens (primary N) is 1. The second kappa shape index (κ2) is 6.67. The third-order valence-electron chi connectivity index (χ3n) is 3.25. The molecule has 1 amide bonds. The Bertz CT molecular complexity index is 517. The fourth-order valence-corrected chi connectivity index (χ4v) is 2.36. The Morgan fingerprint density at radius 2 is 2.24 bits per heavy atom. The maximum Gasteiger partial charge on any atom is 0.262 e. The van der Waals surface area contributed by atoms with E-state index in [1.54, 1.807) is 13.2 Å². The van der Waals surface area contributed by atoms with Crippen molar-refractivity contribution < 1.29 is 14.3 Å². The molecule has 0 spiro atoms. The zero-order valence-corrected chi connectivity index (χ0v) is 12.8. The summed E-state index contributed by atoms with van der Waals surface area (Å²) in [5.41, 5.74) is 8.35. The van der Waals surface area contributed by atoms with E-state index in [0.717, 1.165) is 18.8 Å². The summed E-state index contributed by atoms with van der Waals surface area (Å²) < 4.78 is 10.5. The maximum absolute atomic E-state index is 11.4. The zero-order chi connectivity index (χ0) is 15.4. The summed E-state index contributed by atoms with van der Waals surface area (Å²) in [5.74, 6) is 0.959. The van der Waals surface area contributed by atoms with Gasteiger partial charge in [0.1, 0.15) is 5.75 Å². The molecule has 1 aliphatic rings.